The lowest BCUT2D eigenvalue weighted by molar-refractivity contribution is -0.107. The molecular weight excluding hydrogens is 288 g/mol. The number of pyridine rings is 2. The van der Waals surface area contributed by atoms with Crippen molar-refractivity contribution in [3.63, 3.8) is 0 Å². The Kier molecular flexibility index (Phi) is 5.40. The summed E-state index contributed by atoms with van der Waals surface area (Å²) in [6.07, 6.45) is 3.91. The number of rotatable bonds is 7. The second kappa shape index (κ2) is 7.48. The maximum Gasteiger partial charge on any atom is 0.337 e. The summed E-state index contributed by atoms with van der Waals surface area (Å²) in [7, 11) is 3.06. The zero-order chi connectivity index (χ0) is 15.9. The first kappa shape index (κ1) is 15.9. The van der Waals surface area contributed by atoms with Crippen LogP contribution in [0.1, 0.15) is 27.9 Å². The molecule has 0 aromatic carbocycles. The van der Waals surface area contributed by atoms with E-state index in [9.17, 15) is 4.79 Å². The third kappa shape index (κ3) is 3.78. The second-order valence-electron chi connectivity index (χ2n) is 4.35. The number of ether oxygens (including phenoxy) is 3. The number of nitrogens with zero attached hydrogens (tertiary/aromatic N) is 2. The van der Waals surface area contributed by atoms with Crippen molar-refractivity contribution < 1.29 is 24.1 Å². The third-order valence-corrected chi connectivity index (χ3v) is 2.95. The van der Waals surface area contributed by atoms with Crippen LogP contribution in [0.25, 0.3) is 0 Å². The van der Waals surface area contributed by atoms with Gasteiger partial charge in [-0.3, -0.25) is 9.97 Å². The van der Waals surface area contributed by atoms with Crippen LogP contribution in [-0.2, 0) is 16.1 Å². The monoisotopic (exact) mass is 304 g/mol. The van der Waals surface area contributed by atoms with Crippen LogP contribution < -0.4 is 4.74 Å². The molecule has 116 valence electrons. The van der Waals surface area contributed by atoms with E-state index in [0.717, 1.165) is 0 Å². The molecule has 2 aromatic heterocycles. The SMILES string of the molecule is COC(OC)c1ccncc1OCc1ccc(C(=O)O)cn1. The van der Waals surface area contributed by atoms with Crippen LogP contribution in [-0.4, -0.2) is 35.3 Å². The largest absolute Gasteiger partial charge is 0.485 e. The van der Waals surface area contributed by atoms with E-state index < -0.39 is 12.3 Å². The number of carbonyl (C=O) groups is 1. The first-order valence-electron chi connectivity index (χ1n) is 6.46. The normalized spacial score (nSPS) is 10.7. The number of carboxylic acids is 1. The average molecular weight is 304 g/mol. The van der Waals surface area contributed by atoms with Crippen LogP contribution >= 0.6 is 0 Å². The Morgan fingerprint density at radius 3 is 2.59 bits per heavy atom. The van der Waals surface area contributed by atoms with Crippen LogP contribution in [0.15, 0.2) is 36.8 Å². The molecule has 0 saturated carbocycles. The Morgan fingerprint density at radius 2 is 2.00 bits per heavy atom. The van der Waals surface area contributed by atoms with E-state index >= 15 is 0 Å². The fourth-order valence-electron chi connectivity index (χ4n) is 1.84. The van der Waals surface area contributed by atoms with Gasteiger partial charge in [0.1, 0.15) is 12.4 Å². The van der Waals surface area contributed by atoms with E-state index in [1.165, 1.54) is 26.5 Å². The highest BCUT2D eigenvalue weighted by molar-refractivity contribution is 5.87. The summed E-state index contributed by atoms with van der Waals surface area (Å²) in [5.74, 6) is -0.502. The molecular formula is C15H16N2O5. The molecule has 0 spiro atoms. The minimum atomic E-state index is -1.02. The third-order valence-electron chi connectivity index (χ3n) is 2.95. The molecule has 2 aromatic rings. The topological polar surface area (TPSA) is 90.8 Å². The molecule has 0 radical (unpaired) electrons. The van der Waals surface area contributed by atoms with Crippen molar-refractivity contribution >= 4 is 5.97 Å². The van der Waals surface area contributed by atoms with Crippen molar-refractivity contribution in [2.75, 3.05) is 14.2 Å². The highest BCUT2D eigenvalue weighted by atomic mass is 16.7. The fraction of sp³-hybridized carbons (Fsp3) is 0.267. The summed E-state index contributed by atoms with van der Waals surface area (Å²) >= 11 is 0. The molecule has 22 heavy (non-hydrogen) atoms. The van der Waals surface area contributed by atoms with Crippen molar-refractivity contribution in [2.24, 2.45) is 0 Å². The zero-order valence-corrected chi connectivity index (χ0v) is 12.2. The maximum atomic E-state index is 10.8. The lowest BCUT2D eigenvalue weighted by Gasteiger charge is -2.17. The van der Waals surface area contributed by atoms with Gasteiger partial charge in [0.2, 0.25) is 0 Å². The van der Waals surface area contributed by atoms with Crippen LogP contribution in [0.3, 0.4) is 0 Å². The van der Waals surface area contributed by atoms with Crippen molar-refractivity contribution in [1.82, 2.24) is 9.97 Å². The number of hydrogen-bond acceptors (Lipinski definition) is 6. The Morgan fingerprint density at radius 1 is 1.23 bits per heavy atom. The molecule has 2 heterocycles. The smallest absolute Gasteiger partial charge is 0.337 e. The molecule has 0 atom stereocenters. The highest BCUT2D eigenvalue weighted by Crippen LogP contribution is 2.27. The highest BCUT2D eigenvalue weighted by Gasteiger charge is 2.15. The molecule has 0 bridgehead atoms. The molecule has 0 amide bonds. The van der Waals surface area contributed by atoms with E-state index in [1.54, 1.807) is 24.5 Å². The first-order valence-corrected chi connectivity index (χ1v) is 6.46. The Labute approximate surface area is 127 Å². The summed E-state index contributed by atoms with van der Waals surface area (Å²) in [5.41, 5.74) is 1.44. The van der Waals surface area contributed by atoms with Gasteiger partial charge in [0.25, 0.3) is 0 Å². The van der Waals surface area contributed by atoms with Gasteiger partial charge in [-0.15, -0.1) is 0 Å². The number of hydrogen-bond donors (Lipinski definition) is 1. The standard InChI is InChI=1S/C15H16N2O5/c1-20-15(21-2)12-5-6-16-8-13(12)22-9-11-4-3-10(7-17-11)14(18)19/h3-8,15H,9H2,1-2H3,(H,18,19). The molecule has 0 saturated heterocycles. The van der Waals surface area contributed by atoms with Crippen molar-refractivity contribution in [3.05, 3.63) is 53.6 Å². The zero-order valence-electron chi connectivity index (χ0n) is 12.2. The van der Waals surface area contributed by atoms with Crippen molar-refractivity contribution in [3.8, 4) is 5.75 Å². The minimum Gasteiger partial charge on any atom is -0.485 e. The van der Waals surface area contributed by atoms with Crippen LogP contribution in [0.5, 0.6) is 5.75 Å². The summed E-state index contributed by atoms with van der Waals surface area (Å²) in [5, 5.41) is 8.83. The fourth-order valence-corrected chi connectivity index (χ4v) is 1.84. The van der Waals surface area contributed by atoms with E-state index in [0.29, 0.717) is 17.0 Å². The van der Waals surface area contributed by atoms with Gasteiger partial charge in [0.05, 0.1) is 23.0 Å². The molecule has 0 unspecified atom stereocenters. The Balaban J connectivity index is 2.09. The molecule has 0 aliphatic carbocycles. The van der Waals surface area contributed by atoms with Gasteiger partial charge in [-0.1, -0.05) is 0 Å². The molecule has 1 N–H and O–H groups in total. The lowest BCUT2D eigenvalue weighted by Crippen LogP contribution is -2.08. The Bertz CT molecular complexity index is 626. The van der Waals surface area contributed by atoms with Crippen molar-refractivity contribution in [2.45, 2.75) is 12.9 Å². The number of carboxylic acid groups (broad SMARTS) is 1. The first-order chi connectivity index (χ1) is 10.7. The van der Waals surface area contributed by atoms with Crippen LogP contribution in [0.2, 0.25) is 0 Å². The molecule has 2 rings (SSSR count). The van der Waals surface area contributed by atoms with Crippen molar-refractivity contribution in [1.29, 1.82) is 0 Å². The predicted octanol–water partition coefficient (Wildman–Crippen LogP) is 2.05. The van der Waals surface area contributed by atoms with Gasteiger partial charge in [0, 0.05) is 26.6 Å². The Hall–Kier alpha value is -2.51. The van der Waals surface area contributed by atoms with Gasteiger partial charge in [-0.05, 0) is 18.2 Å². The second-order valence-corrected chi connectivity index (χ2v) is 4.35. The van der Waals surface area contributed by atoms with Gasteiger partial charge in [0.15, 0.2) is 6.29 Å². The van der Waals surface area contributed by atoms with E-state index in [2.05, 4.69) is 9.97 Å². The average Bonchev–Trinajstić information content (AvgIpc) is 2.55. The molecule has 0 aliphatic heterocycles. The van der Waals surface area contributed by atoms with E-state index in [1.807, 2.05) is 0 Å². The predicted molar refractivity (Wildman–Crippen MR) is 76.5 cm³/mol. The maximum absolute atomic E-state index is 10.8. The van der Waals surface area contributed by atoms with Gasteiger partial charge in [-0.25, -0.2) is 4.79 Å². The molecule has 7 heteroatoms. The van der Waals surface area contributed by atoms with Gasteiger partial charge < -0.3 is 19.3 Å². The summed E-state index contributed by atoms with van der Waals surface area (Å²) in [4.78, 5) is 18.8. The van der Waals surface area contributed by atoms with E-state index in [4.69, 9.17) is 19.3 Å². The van der Waals surface area contributed by atoms with Crippen LogP contribution in [0, 0.1) is 0 Å². The lowest BCUT2D eigenvalue weighted by atomic mass is 10.2. The summed E-state index contributed by atoms with van der Waals surface area (Å²) < 4.78 is 16.1. The summed E-state index contributed by atoms with van der Waals surface area (Å²) in [6, 6.07) is 4.82. The molecule has 0 aliphatic rings. The van der Waals surface area contributed by atoms with Gasteiger partial charge >= 0.3 is 5.97 Å². The quantitative estimate of drug-likeness (QED) is 0.783. The summed E-state index contributed by atoms with van der Waals surface area (Å²) in [6.45, 7) is 0.179. The van der Waals surface area contributed by atoms with Crippen LogP contribution in [0.4, 0.5) is 0 Å². The van der Waals surface area contributed by atoms with E-state index in [-0.39, 0.29) is 12.2 Å². The molecule has 0 fully saturated rings. The van der Waals surface area contributed by atoms with Gasteiger partial charge in [-0.2, -0.15) is 0 Å². The number of methoxy groups -OCH3 is 2. The number of aromatic carboxylic acids is 1. The number of aromatic nitrogens is 2. The molecule has 7 nitrogen and oxygen atoms in total. The minimum absolute atomic E-state index is 0.129.